The fourth-order valence-corrected chi connectivity index (χ4v) is 2.05. The van der Waals surface area contributed by atoms with Crippen LogP contribution >= 0.6 is 0 Å². The fourth-order valence-electron chi connectivity index (χ4n) is 2.05. The Morgan fingerprint density at radius 1 is 1.00 bits per heavy atom. The number of aromatic nitrogens is 3. The Kier molecular flexibility index (Phi) is 3.13. The molecule has 0 fully saturated rings. The van der Waals surface area contributed by atoms with Crippen molar-refractivity contribution in [1.29, 1.82) is 0 Å². The molecule has 3 aromatic rings. The van der Waals surface area contributed by atoms with Gasteiger partial charge in [0, 0.05) is 29.6 Å². The highest BCUT2D eigenvalue weighted by atomic mass is 14.9. The number of rotatable bonds is 2. The van der Waals surface area contributed by atoms with Crippen LogP contribution in [0.2, 0.25) is 0 Å². The maximum Gasteiger partial charge on any atom is 0.162 e. The summed E-state index contributed by atoms with van der Waals surface area (Å²) in [6.45, 7) is 2.03. The van der Waals surface area contributed by atoms with Gasteiger partial charge in [0.05, 0.1) is 5.69 Å². The molecule has 0 saturated carbocycles. The predicted molar refractivity (Wildman–Crippen MR) is 79.8 cm³/mol. The second-order valence-corrected chi connectivity index (χ2v) is 4.56. The van der Waals surface area contributed by atoms with E-state index in [-0.39, 0.29) is 0 Å². The van der Waals surface area contributed by atoms with Crippen molar-refractivity contribution in [1.82, 2.24) is 15.0 Å². The minimum Gasteiger partial charge on any atom is -0.384 e. The molecular formula is C16H14N4. The number of pyridine rings is 1. The summed E-state index contributed by atoms with van der Waals surface area (Å²) in [5, 5.41) is 0. The monoisotopic (exact) mass is 262 g/mol. The largest absolute Gasteiger partial charge is 0.384 e. The van der Waals surface area contributed by atoms with Crippen molar-refractivity contribution in [3.05, 3.63) is 60.4 Å². The summed E-state index contributed by atoms with van der Waals surface area (Å²) in [5.74, 6) is 1.08. The third-order valence-electron chi connectivity index (χ3n) is 3.09. The Hall–Kier alpha value is -2.75. The van der Waals surface area contributed by atoms with E-state index in [0.29, 0.717) is 11.6 Å². The lowest BCUT2D eigenvalue weighted by atomic mass is 10.1. The molecule has 1 aromatic carbocycles. The average molecular weight is 262 g/mol. The van der Waals surface area contributed by atoms with Gasteiger partial charge >= 0.3 is 0 Å². The Bertz CT molecular complexity index is 738. The van der Waals surface area contributed by atoms with Crippen molar-refractivity contribution in [3.63, 3.8) is 0 Å². The van der Waals surface area contributed by atoms with Crippen LogP contribution in [0.3, 0.4) is 0 Å². The molecule has 0 atom stereocenters. The average Bonchev–Trinajstić information content (AvgIpc) is 2.48. The molecule has 2 aromatic heterocycles. The van der Waals surface area contributed by atoms with Gasteiger partial charge in [-0.2, -0.15) is 0 Å². The normalized spacial score (nSPS) is 10.4. The van der Waals surface area contributed by atoms with Gasteiger partial charge in [-0.15, -0.1) is 0 Å². The smallest absolute Gasteiger partial charge is 0.162 e. The summed E-state index contributed by atoms with van der Waals surface area (Å²) in [5.41, 5.74) is 9.73. The second kappa shape index (κ2) is 5.09. The highest BCUT2D eigenvalue weighted by molar-refractivity contribution is 5.68. The highest BCUT2D eigenvalue weighted by Crippen LogP contribution is 2.24. The van der Waals surface area contributed by atoms with Gasteiger partial charge < -0.3 is 5.73 Å². The van der Waals surface area contributed by atoms with Gasteiger partial charge in [-0.05, 0) is 18.6 Å². The summed E-state index contributed by atoms with van der Waals surface area (Å²) in [6, 6.07) is 13.5. The Labute approximate surface area is 117 Å². The number of hydrogen-bond donors (Lipinski definition) is 1. The minimum absolute atomic E-state index is 0.456. The van der Waals surface area contributed by atoms with E-state index in [2.05, 4.69) is 15.0 Å². The molecule has 2 N–H and O–H groups in total. The van der Waals surface area contributed by atoms with Crippen LogP contribution in [0.5, 0.6) is 0 Å². The summed E-state index contributed by atoms with van der Waals surface area (Å²) >= 11 is 0. The Morgan fingerprint density at radius 2 is 1.80 bits per heavy atom. The first-order valence-electron chi connectivity index (χ1n) is 6.35. The Balaban J connectivity index is 2.15. The van der Waals surface area contributed by atoms with Crippen LogP contribution in [0.15, 0.2) is 54.9 Å². The van der Waals surface area contributed by atoms with Crippen LogP contribution in [-0.4, -0.2) is 15.0 Å². The van der Waals surface area contributed by atoms with Crippen molar-refractivity contribution in [3.8, 4) is 22.6 Å². The maximum atomic E-state index is 5.91. The quantitative estimate of drug-likeness (QED) is 0.770. The Morgan fingerprint density at radius 3 is 2.55 bits per heavy atom. The summed E-state index contributed by atoms with van der Waals surface area (Å²) in [7, 11) is 0. The first kappa shape index (κ1) is 12.3. The third kappa shape index (κ3) is 2.36. The van der Waals surface area contributed by atoms with E-state index in [9.17, 15) is 0 Å². The van der Waals surface area contributed by atoms with Crippen LogP contribution in [0.25, 0.3) is 22.6 Å². The number of anilines is 1. The van der Waals surface area contributed by atoms with E-state index in [1.165, 1.54) is 0 Å². The fraction of sp³-hybridized carbons (Fsp3) is 0.0625. The predicted octanol–water partition coefficient (Wildman–Crippen LogP) is 3.10. The number of aryl methyl sites for hydroxylation is 1. The molecule has 3 rings (SSSR count). The molecule has 0 aliphatic heterocycles. The molecule has 0 radical (unpaired) electrons. The lowest BCUT2D eigenvalue weighted by molar-refractivity contribution is 1.17. The molecule has 0 aliphatic carbocycles. The van der Waals surface area contributed by atoms with Gasteiger partial charge in [-0.3, -0.25) is 4.98 Å². The highest BCUT2D eigenvalue weighted by Gasteiger charge is 2.08. The number of benzene rings is 1. The molecule has 98 valence electrons. The van der Waals surface area contributed by atoms with E-state index in [4.69, 9.17) is 5.73 Å². The van der Waals surface area contributed by atoms with Crippen molar-refractivity contribution >= 4 is 5.82 Å². The lowest BCUT2D eigenvalue weighted by Crippen LogP contribution is -1.99. The lowest BCUT2D eigenvalue weighted by Gasteiger charge is -2.08. The molecule has 0 aliphatic rings. The number of nitrogen functional groups attached to an aromatic ring is 1. The van der Waals surface area contributed by atoms with Crippen LogP contribution in [-0.2, 0) is 0 Å². The number of hydrogen-bond acceptors (Lipinski definition) is 4. The van der Waals surface area contributed by atoms with E-state index >= 15 is 0 Å². The molecular weight excluding hydrogens is 248 g/mol. The summed E-state index contributed by atoms with van der Waals surface area (Å²) in [6.07, 6.45) is 3.56. The van der Waals surface area contributed by atoms with E-state index < -0.39 is 0 Å². The molecule has 0 amide bonds. The van der Waals surface area contributed by atoms with Crippen molar-refractivity contribution in [2.75, 3.05) is 5.73 Å². The first-order chi connectivity index (χ1) is 9.74. The molecule has 0 spiro atoms. The standard InChI is InChI=1S/C16H14N4/c1-11-7-8-18-10-13(11)14-9-15(17)20-16(19-14)12-5-3-2-4-6-12/h2-10H,1H3,(H2,17,19,20). The SMILES string of the molecule is Cc1ccncc1-c1cc(N)nc(-c2ccccc2)n1. The van der Waals surface area contributed by atoms with Crippen LogP contribution in [0.1, 0.15) is 5.56 Å². The van der Waals surface area contributed by atoms with Crippen molar-refractivity contribution in [2.45, 2.75) is 6.92 Å². The summed E-state index contributed by atoms with van der Waals surface area (Å²) < 4.78 is 0. The number of nitrogens with two attached hydrogens (primary N) is 1. The molecule has 20 heavy (non-hydrogen) atoms. The zero-order valence-corrected chi connectivity index (χ0v) is 11.1. The van der Waals surface area contributed by atoms with Crippen LogP contribution < -0.4 is 5.73 Å². The van der Waals surface area contributed by atoms with Crippen molar-refractivity contribution in [2.24, 2.45) is 0 Å². The zero-order valence-electron chi connectivity index (χ0n) is 11.1. The molecule has 4 nitrogen and oxygen atoms in total. The molecule has 2 heterocycles. The molecule has 4 heteroatoms. The van der Waals surface area contributed by atoms with Crippen molar-refractivity contribution < 1.29 is 0 Å². The van der Waals surface area contributed by atoms with Gasteiger partial charge in [0.1, 0.15) is 5.82 Å². The molecule has 0 unspecified atom stereocenters. The first-order valence-corrected chi connectivity index (χ1v) is 6.35. The van der Waals surface area contributed by atoms with E-state index in [1.807, 2.05) is 43.3 Å². The maximum absolute atomic E-state index is 5.91. The summed E-state index contributed by atoms with van der Waals surface area (Å²) in [4.78, 5) is 13.1. The topological polar surface area (TPSA) is 64.7 Å². The van der Waals surface area contributed by atoms with Gasteiger partial charge in [0.2, 0.25) is 0 Å². The van der Waals surface area contributed by atoms with E-state index in [0.717, 1.165) is 22.4 Å². The van der Waals surface area contributed by atoms with Gasteiger partial charge in [-0.1, -0.05) is 30.3 Å². The third-order valence-corrected chi connectivity index (χ3v) is 3.09. The van der Waals surface area contributed by atoms with Crippen LogP contribution in [0, 0.1) is 6.92 Å². The number of nitrogens with zero attached hydrogens (tertiary/aromatic N) is 3. The van der Waals surface area contributed by atoms with E-state index in [1.54, 1.807) is 18.5 Å². The molecule has 0 saturated heterocycles. The minimum atomic E-state index is 0.456. The van der Waals surface area contributed by atoms with Gasteiger partial charge in [-0.25, -0.2) is 9.97 Å². The van der Waals surface area contributed by atoms with Crippen LogP contribution in [0.4, 0.5) is 5.82 Å². The van der Waals surface area contributed by atoms with Gasteiger partial charge in [0.15, 0.2) is 5.82 Å². The zero-order chi connectivity index (χ0) is 13.9. The molecule has 0 bridgehead atoms. The van der Waals surface area contributed by atoms with Gasteiger partial charge in [0.25, 0.3) is 0 Å². The second-order valence-electron chi connectivity index (χ2n) is 4.56.